The Morgan fingerprint density at radius 1 is 1.00 bits per heavy atom. The van der Waals surface area contributed by atoms with E-state index in [9.17, 15) is 18.0 Å². The molecule has 0 aliphatic rings. The number of hydrogen-bond donors (Lipinski definition) is 1. The van der Waals surface area contributed by atoms with E-state index in [4.69, 9.17) is 4.74 Å². The predicted molar refractivity (Wildman–Crippen MR) is 147 cm³/mol. The zero-order chi connectivity index (χ0) is 27.0. The van der Waals surface area contributed by atoms with Gasteiger partial charge in [0.25, 0.3) is 0 Å². The minimum Gasteiger partial charge on any atom is -0.497 e. The fourth-order valence-electron chi connectivity index (χ4n) is 4.27. The highest BCUT2D eigenvalue weighted by atomic mass is 32.2. The number of amides is 2. The van der Waals surface area contributed by atoms with E-state index in [-0.39, 0.29) is 12.5 Å². The van der Waals surface area contributed by atoms with Crippen molar-refractivity contribution in [2.45, 2.75) is 39.3 Å². The number of methoxy groups -OCH3 is 1. The monoisotopic (exact) mass is 525 g/mol. The first kappa shape index (κ1) is 28.0. The van der Waals surface area contributed by atoms with Gasteiger partial charge in [-0.05, 0) is 42.0 Å². The van der Waals surface area contributed by atoms with E-state index in [1.165, 1.54) is 4.90 Å². The molecule has 0 heterocycles. The number of carbonyl (C=O) groups excluding carboxylic acids is 2. The van der Waals surface area contributed by atoms with Crippen LogP contribution in [0.2, 0.25) is 0 Å². The number of nitrogens with zero attached hydrogens (tertiary/aromatic N) is 2. The van der Waals surface area contributed by atoms with Crippen molar-refractivity contribution in [1.29, 1.82) is 0 Å². The van der Waals surface area contributed by atoms with E-state index >= 15 is 0 Å². The number of carbonyl (C=O) groups is 2. The Balaban J connectivity index is 2.02. The van der Waals surface area contributed by atoms with Gasteiger partial charge in [-0.3, -0.25) is 13.9 Å². The maximum absolute atomic E-state index is 13.9. The minimum absolute atomic E-state index is 0.126. The highest BCUT2D eigenvalue weighted by Gasteiger charge is 2.32. The topological polar surface area (TPSA) is 96.0 Å². The van der Waals surface area contributed by atoms with Gasteiger partial charge in [0.2, 0.25) is 21.8 Å². The van der Waals surface area contributed by atoms with Crippen molar-refractivity contribution < 1.29 is 22.7 Å². The van der Waals surface area contributed by atoms with Crippen molar-refractivity contribution in [1.82, 2.24) is 10.2 Å². The van der Waals surface area contributed by atoms with Crippen LogP contribution in [0.5, 0.6) is 5.75 Å². The molecule has 3 rings (SSSR count). The normalized spacial score (nSPS) is 12.1. The highest BCUT2D eigenvalue weighted by molar-refractivity contribution is 7.92. The van der Waals surface area contributed by atoms with Crippen molar-refractivity contribution in [3.8, 4) is 5.75 Å². The number of anilines is 1. The molecular weight excluding hydrogens is 490 g/mol. The Kier molecular flexibility index (Phi) is 9.52. The van der Waals surface area contributed by atoms with Gasteiger partial charge in [0.15, 0.2) is 0 Å². The van der Waals surface area contributed by atoms with E-state index < -0.39 is 28.5 Å². The zero-order valence-electron chi connectivity index (χ0n) is 21.8. The van der Waals surface area contributed by atoms with Crippen LogP contribution in [-0.4, -0.2) is 57.6 Å². The lowest BCUT2D eigenvalue weighted by Crippen LogP contribution is -2.52. The van der Waals surface area contributed by atoms with Crippen LogP contribution in [0.25, 0.3) is 10.8 Å². The predicted octanol–water partition coefficient (Wildman–Crippen LogP) is 3.95. The number of ether oxygens (including phenoxy) is 1. The Hall–Kier alpha value is -3.59. The van der Waals surface area contributed by atoms with E-state index in [0.29, 0.717) is 24.4 Å². The number of fused-ring (bicyclic) bond motifs is 1. The van der Waals surface area contributed by atoms with Gasteiger partial charge in [-0.25, -0.2) is 8.42 Å². The molecule has 3 aromatic carbocycles. The molecular formula is C28H35N3O5S. The summed E-state index contributed by atoms with van der Waals surface area (Å²) in [7, 11) is -2.26. The fourth-order valence-corrected chi connectivity index (χ4v) is 5.14. The van der Waals surface area contributed by atoms with Crippen LogP contribution in [0.4, 0.5) is 5.69 Å². The summed E-state index contributed by atoms with van der Waals surface area (Å²) in [5.74, 6) is -0.113. The second-order valence-electron chi connectivity index (χ2n) is 8.86. The zero-order valence-corrected chi connectivity index (χ0v) is 22.6. The van der Waals surface area contributed by atoms with Gasteiger partial charge >= 0.3 is 0 Å². The van der Waals surface area contributed by atoms with Gasteiger partial charge < -0.3 is 15.0 Å². The Bertz CT molecular complexity index is 1340. The summed E-state index contributed by atoms with van der Waals surface area (Å²) >= 11 is 0. The lowest BCUT2D eigenvalue weighted by molar-refractivity contribution is -0.140. The standard InChI is InChI=1S/C28H35N3O5S/c1-5-17-29-28(33)25(6-2)30(19-21-11-9-14-23(18-21)36-3)27(32)20-31(37(4,34)35)26-16-10-13-22-12-7-8-15-24(22)26/h7-16,18,25H,5-6,17,19-20H2,1-4H3,(H,29,33). The van der Waals surface area contributed by atoms with Crippen LogP contribution in [0, 0.1) is 0 Å². The van der Waals surface area contributed by atoms with Crippen LogP contribution >= 0.6 is 0 Å². The molecule has 8 nitrogen and oxygen atoms in total. The van der Waals surface area contributed by atoms with Crippen LogP contribution < -0.4 is 14.4 Å². The summed E-state index contributed by atoms with van der Waals surface area (Å²) in [5.41, 5.74) is 1.18. The molecule has 198 valence electrons. The summed E-state index contributed by atoms with van der Waals surface area (Å²) in [6.07, 6.45) is 2.22. The second-order valence-corrected chi connectivity index (χ2v) is 10.8. The Labute approximate surface area is 219 Å². The van der Waals surface area contributed by atoms with Crippen molar-refractivity contribution in [3.63, 3.8) is 0 Å². The van der Waals surface area contributed by atoms with Crippen molar-refractivity contribution in [2.24, 2.45) is 0 Å². The van der Waals surface area contributed by atoms with E-state index in [1.807, 2.05) is 56.3 Å². The first-order valence-corrected chi connectivity index (χ1v) is 14.2. The molecule has 0 aliphatic carbocycles. The quantitative estimate of drug-likeness (QED) is 0.386. The largest absolute Gasteiger partial charge is 0.497 e. The summed E-state index contributed by atoms with van der Waals surface area (Å²) < 4.78 is 32.3. The fraction of sp³-hybridized carbons (Fsp3) is 0.357. The first-order valence-electron chi connectivity index (χ1n) is 12.3. The molecule has 2 amide bonds. The minimum atomic E-state index is -3.82. The lowest BCUT2D eigenvalue weighted by atomic mass is 10.1. The molecule has 0 aromatic heterocycles. The summed E-state index contributed by atoms with van der Waals surface area (Å²) in [6.45, 7) is 3.97. The number of benzene rings is 3. The van der Waals surface area contributed by atoms with Gasteiger partial charge in [0.05, 0.1) is 19.1 Å². The van der Waals surface area contributed by atoms with Gasteiger partial charge in [0.1, 0.15) is 18.3 Å². The SMILES string of the molecule is CCCNC(=O)C(CC)N(Cc1cccc(OC)c1)C(=O)CN(c1cccc2ccccc12)S(C)(=O)=O. The Morgan fingerprint density at radius 2 is 1.70 bits per heavy atom. The maximum Gasteiger partial charge on any atom is 0.244 e. The molecule has 0 aliphatic heterocycles. The summed E-state index contributed by atoms with van der Waals surface area (Å²) in [5, 5.41) is 4.46. The second kappa shape index (κ2) is 12.6. The molecule has 37 heavy (non-hydrogen) atoms. The third-order valence-electron chi connectivity index (χ3n) is 6.14. The molecule has 0 saturated carbocycles. The van der Waals surface area contributed by atoms with Gasteiger partial charge in [-0.2, -0.15) is 0 Å². The average molecular weight is 526 g/mol. The molecule has 0 fully saturated rings. The maximum atomic E-state index is 13.9. The van der Waals surface area contributed by atoms with Gasteiger partial charge in [-0.15, -0.1) is 0 Å². The molecule has 0 saturated heterocycles. The first-order chi connectivity index (χ1) is 17.7. The molecule has 3 aromatic rings. The molecule has 9 heteroatoms. The average Bonchev–Trinajstić information content (AvgIpc) is 2.89. The lowest BCUT2D eigenvalue weighted by Gasteiger charge is -2.33. The van der Waals surface area contributed by atoms with Crippen molar-refractivity contribution in [2.75, 3.05) is 30.8 Å². The van der Waals surface area contributed by atoms with Crippen LogP contribution in [-0.2, 0) is 26.2 Å². The van der Waals surface area contributed by atoms with E-state index in [1.54, 1.807) is 31.4 Å². The van der Waals surface area contributed by atoms with Crippen molar-refractivity contribution in [3.05, 3.63) is 72.3 Å². The number of nitrogens with one attached hydrogen (secondary N) is 1. The van der Waals surface area contributed by atoms with Crippen LogP contribution in [0.1, 0.15) is 32.3 Å². The molecule has 0 radical (unpaired) electrons. The van der Waals surface area contributed by atoms with Crippen LogP contribution in [0.15, 0.2) is 66.7 Å². The third-order valence-corrected chi connectivity index (χ3v) is 7.26. The highest BCUT2D eigenvalue weighted by Crippen LogP contribution is 2.29. The van der Waals surface area contributed by atoms with E-state index in [2.05, 4.69) is 5.32 Å². The number of hydrogen-bond acceptors (Lipinski definition) is 5. The molecule has 1 N–H and O–H groups in total. The number of sulfonamides is 1. The van der Waals surface area contributed by atoms with Gasteiger partial charge in [-0.1, -0.05) is 62.4 Å². The number of rotatable bonds is 12. The van der Waals surface area contributed by atoms with E-state index in [0.717, 1.165) is 33.3 Å². The third kappa shape index (κ3) is 7.01. The molecule has 1 unspecified atom stereocenters. The smallest absolute Gasteiger partial charge is 0.244 e. The summed E-state index contributed by atoms with van der Waals surface area (Å²) in [6, 6.07) is 19.3. The summed E-state index contributed by atoms with van der Waals surface area (Å²) in [4.78, 5) is 28.4. The van der Waals surface area contributed by atoms with Crippen molar-refractivity contribution >= 4 is 38.3 Å². The molecule has 0 spiro atoms. The Morgan fingerprint density at radius 3 is 2.38 bits per heavy atom. The van der Waals surface area contributed by atoms with Crippen LogP contribution in [0.3, 0.4) is 0 Å². The van der Waals surface area contributed by atoms with Gasteiger partial charge in [0, 0.05) is 18.5 Å². The molecule has 1 atom stereocenters. The molecule has 0 bridgehead atoms.